The first-order valence-electron chi connectivity index (χ1n) is 8.57. The molecule has 2 heterocycles. The number of rotatable bonds is 4. The van der Waals surface area contributed by atoms with Crippen LogP contribution in [0.4, 0.5) is 5.69 Å². The van der Waals surface area contributed by atoms with E-state index in [0.29, 0.717) is 17.4 Å². The SMILES string of the molecule is Cc1cccc(NC(=O)[C@H]2CSCN2C(=O)[C@@H](C)c2c(C)noc2C)c1. The summed E-state index contributed by atoms with van der Waals surface area (Å²) in [5.74, 6) is 1.13. The lowest BCUT2D eigenvalue weighted by molar-refractivity contribution is -0.137. The van der Waals surface area contributed by atoms with Crippen molar-refractivity contribution in [2.75, 3.05) is 16.9 Å². The third-order valence-electron chi connectivity index (χ3n) is 4.65. The molecule has 1 aliphatic heterocycles. The highest BCUT2D eigenvalue weighted by molar-refractivity contribution is 7.99. The van der Waals surface area contributed by atoms with Gasteiger partial charge in [0, 0.05) is 17.0 Å². The second-order valence-electron chi connectivity index (χ2n) is 6.64. The molecule has 3 rings (SSSR count). The van der Waals surface area contributed by atoms with Gasteiger partial charge >= 0.3 is 0 Å². The van der Waals surface area contributed by atoms with Gasteiger partial charge in [-0.15, -0.1) is 11.8 Å². The van der Waals surface area contributed by atoms with Gasteiger partial charge in [-0.2, -0.15) is 0 Å². The van der Waals surface area contributed by atoms with Gasteiger partial charge in [0.25, 0.3) is 0 Å². The van der Waals surface area contributed by atoms with Crippen LogP contribution in [0.15, 0.2) is 28.8 Å². The number of hydrogen-bond acceptors (Lipinski definition) is 5. The molecule has 138 valence electrons. The zero-order valence-electron chi connectivity index (χ0n) is 15.4. The van der Waals surface area contributed by atoms with Gasteiger partial charge in [-0.25, -0.2) is 0 Å². The molecular formula is C19H23N3O3S. The number of nitrogens with one attached hydrogen (secondary N) is 1. The van der Waals surface area contributed by atoms with Crippen molar-refractivity contribution in [1.82, 2.24) is 10.1 Å². The van der Waals surface area contributed by atoms with Crippen molar-refractivity contribution in [3.63, 3.8) is 0 Å². The van der Waals surface area contributed by atoms with Gasteiger partial charge < -0.3 is 14.7 Å². The first kappa shape index (κ1) is 18.5. The van der Waals surface area contributed by atoms with Crippen molar-refractivity contribution >= 4 is 29.3 Å². The molecule has 2 atom stereocenters. The Morgan fingerprint density at radius 1 is 1.35 bits per heavy atom. The highest BCUT2D eigenvalue weighted by Gasteiger charge is 2.38. The number of aromatic nitrogens is 1. The average Bonchev–Trinajstić information content (AvgIpc) is 3.20. The molecule has 2 amide bonds. The minimum Gasteiger partial charge on any atom is -0.361 e. The Balaban J connectivity index is 1.75. The molecule has 1 N–H and O–H groups in total. The van der Waals surface area contributed by atoms with Crippen LogP contribution in [0.25, 0.3) is 0 Å². The number of carbonyl (C=O) groups excluding carboxylic acids is 2. The van der Waals surface area contributed by atoms with E-state index in [1.807, 2.05) is 45.0 Å². The number of nitrogens with zero attached hydrogens (tertiary/aromatic N) is 2. The smallest absolute Gasteiger partial charge is 0.248 e. The zero-order chi connectivity index (χ0) is 18.8. The van der Waals surface area contributed by atoms with E-state index in [9.17, 15) is 9.59 Å². The second kappa shape index (κ2) is 7.53. The molecule has 6 nitrogen and oxygen atoms in total. The van der Waals surface area contributed by atoms with Crippen molar-refractivity contribution in [3.05, 3.63) is 46.8 Å². The number of carbonyl (C=O) groups is 2. The molecule has 7 heteroatoms. The van der Waals surface area contributed by atoms with E-state index in [0.717, 1.165) is 22.5 Å². The number of benzene rings is 1. The van der Waals surface area contributed by atoms with Gasteiger partial charge in [0.05, 0.1) is 17.5 Å². The van der Waals surface area contributed by atoms with Crippen molar-refractivity contribution in [1.29, 1.82) is 0 Å². The second-order valence-corrected chi connectivity index (χ2v) is 7.64. The van der Waals surface area contributed by atoms with E-state index in [1.165, 1.54) is 0 Å². The van der Waals surface area contributed by atoms with Gasteiger partial charge in [-0.1, -0.05) is 17.3 Å². The largest absolute Gasteiger partial charge is 0.361 e. The van der Waals surface area contributed by atoms with Crippen molar-refractivity contribution in [2.45, 2.75) is 39.7 Å². The fourth-order valence-corrected chi connectivity index (χ4v) is 4.47. The Morgan fingerprint density at radius 2 is 2.12 bits per heavy atom. The molecule has 1 aromatic carbocycles. The monoisotopic (exact) mass is 373 g/mol. The van der Waals surface area contributed by atoms with E-state index in [4.69, 9.17) is 4.52 Å². The summed E-state index contributed by atoms with van der Waals surface area (Å²) in [6.45, 7) is 7.45. The van der Waals surface area contributed by atoms with Gasteiger partial charge in [-0.3, -0.25) is 9.59 Å². The molecule has 2 aromatic rings. The number of aryl methyl sites for hydroxylation is 3. The summed E-state index contributed by atoms with van der Waals surface area (Å²) >= 11 is 1.59. The Morgan fingerprint density at radius 3 is 2.77 bits per heavy atom. The number of thioether (sulfide) groups is 1. The minimum atomic E-state index is -0.476. The third-order valence-corrected chi connectivity index (χ3v) is 5.66. The van der Waals surface area contributed by atoms with Crippen molar-refractivity contribution in [3.8, 4) is 0 Å². The summed E-state index contributed by atoms with van der Waals surface area (Å²) in [5.41, 5.74) is 3.35. The highest BCUT2D eigenvalue weighted by Crippen LogP contribution is 2.30. The molecule has 0 unspecified atom stereocenters. The van der Waals surface area contributed by atoms with Gasteiger partial charge in [0.2, 0.25) is 11.8 Å². The maximum absolute atomic E-state index is 13.0. The highest BCUT2D eigenvalue weighted by atomic mass is 32.2. The van der Waals surface area contributed by atoms with Crippen LogP contribution in [0.3, 0.4) is 0 Å². The maximum atomic E-state index is 13.0. The third kappa shape index (κ3) is 3.62. The number of anilines is 1. The van der Waals surface area contributed by atoms with Crippen molar-refractivity contribution in [2.24, 2.45) is 0 Å². The molecule has 0 spiro atoms. The quantitative estimate of drug-likeness (QED) is 0.890. The number of amides is 2. The predicted octanol–water partition coefficient (Wildman–Crippen LogP) is 3.24. The molecule has 0 bridgehead atoms. The van der Waals surface area contributed by atoms with E-state index in [2.05, 4.69) is 10.5 Å². The molecule has 0 saturated carbocycles. The molecular weight excluding hydrogens is 350 g/mol. The van der Waals surface area contributed by atoms with Crippen LogP contribution in [-0.2, 0) is 9.59 Å². The van der Waals surface area contributed by atoms with Gasteiger partial charge in [0.15, 0.2) is 0 Å². The summed E-state index contributed by atoms with van der Waals surface area (Å²) in [4.78, 5) is 27.4. The lowest BCUT2D eigenvalue weighted by atomic mass is 9.97. The molecule has 1 saturated heterocycles. The standard InChI is InChI=1S/C19H23N3O3S/c1-11-6-5-7-15(8-11)20-18(23)16-9-26-10-22(16)19(24)12(2)17-13(3)21-25-14(17)4/h5-8,12,16H,9-10H2,1-4H3,(H,20,23)/t12-,16+/m0/s1. The molecule has 1 aliphatic rings. The van der Waals surface area contributed by atoms with Gasteiger partial charge in [0.1, 0.15) is 11.8 Å². The maximum Gasteiger partial charge on any atom is 0.248 e. The van der Waals surface area contributed by atoms with Crippen LogP contribution in [0.1, 0.15) is 35.4 Å². The lowest BCUT2D eigenvalue weighted by Crippen LogP contribution is -2.46. The molecule has 0 aliphatic carbocycles. The Labute approximate surface area is 157 Å². The summed E-state index contributed by atoms with van der Waals surface area (Å²) in [6, 6.07) is 7.17. The number of hydrogen-bond donors (Lipinski definition) is 1. The summed E-state index contributed by atoms with van der Waals surface area (Å²) in [5, 5.41) is 6.86. The Kier molecular flexibility index (Phi) is 5.36. The first-order valence-corrected chi connectivity index (χ1v) is 9.72. The molecule has 1 aromatic heterocycles. The Hall–Kier alpha value is -2.28. The molecule has 26 heavy (non-hydrogen) atoms. The fourth-order valence-electron chi connectivity index (χ4n) is 3.31. The van der Waals surface area contributed by atoms with Crippen LogP contribution >= 0.6 is 11.8 Å². The first-order chi connectivity index (χ1) is 12.4. The molecule has 0 radical (unpaired) electrons. The minimum absolute atomic E-state index is 0.0752. The lowest BCUT2D eigenvalue weighted by Gasteiger charge is -2.26. The summed E-state index contributed by atoms with van der Waals surface area (Å²) < 4.78 is 5.19. The van der Waals surface area contributed by atoms with Crippen LogP contribution in [0, 0.1) is 20.8 Å². The van der Waals surface area contributed by atoms with E-state index < -0.39 is 12.0 Å². The van der Waals surface area contributed by atoms with Crippen LogP contribution in [0.5, 0.6) is 0 Å². The normalized spacial score (nSPS) is 18.0. The molecule has 1 fully saturated rings. The Bertz CT molecular complexity index is 814. The average molecular weight is 373 g/mol. The predicted molar refractivity (Wildman–Crippen MR) is 102 cm³/mol. The zero-order valence-corrected chi connectivity index (χ0v) is 16.2. The fraction of sp³-hybridized carbons (Fsp3) is 0.421. The summed E-state index contributed by atoms with van der Waals surface area (Å²) in [7, 11) is 0. The van der Waals surface area contributed by atoms with Crippen LogP contribution in [-0.4, -0.2) is 39.5 Å². The van der Waals surface area contributed by atoms with Gasteiger partial charge in [-0.05, 0) is 45.4 Å². The summed E-state index contributed by atoms with van der Waals surface area (Å²) in [6.07, 6.45) is 0. The topological polar surface area (TPSA) is 75.4 Å². The van der Waals surface area contributed by atoms with Crippen molar-refractivity contribution < 1.29 is 14.1 Å². The van der Waals surface area contributed by atoms with E-state index >= 15 is 0 Å². The van der Waals surface area contributed by atoms with Crippen LogP contribution < -0.4 is 5.32 Å². The van der Waals surface area contributed by atoms with E-state index in [1.54, 1.807) is 23.6 Å². The van der Waals surface area contributed by atoms with E-state index in [-0.39, 0.29) is 11.8 Å². The van der Waals surface area contributed by atoms with Crippen LogP contribution in [0.2, 0.25) is 0 Å².